The maximum absolute atomic E-state index is 9.02. The van der Waals surface area contributed by atoms with Gasteiger partial charge in [-0.25, -0.2) is 0 Å². The summed E-state index contributed by atoms with van der Waals surface area (Å²) in [5, 5.41) is 18.0. The molecule has 3 nitrogen and oxygen atoms in total. The van der Waals surface area contributed by atoms with E-state index < -0.39 is 0 Å². The zero-order valence-corrected chi connectivity index (χ0v) is 11.7. The van der Waals surface area contributed by atoms with Crippen LogP contribution in [0.25, 0.3) is 0 Å². The van der Waals surface area contributed by atoms with Crippen molar-refractivity contribution in [3.8, 4) is 12.1 Å². The number of likely N-dealkylation sites (tertiary alicyclic amines) is 1. The summed E-state index contributed by atoms with van der Waals surface area (Å²) in [6.07, 6.45) is 11.4. The molecule has 0 bridgehead atoms. The van der Waals surface area contributed by atoms with Gasteiger partial charge >= 0.3 is 0 Å². The minimum atomic E-state index is 0.289. The van der Waals surface area contributed by atoms with Crippen molar-refractivity contribution in [2.75, 3.05) is 13.1 Å². The zero-order chi connectivity index (χ0) is 13.9. The molecular formula is C17H19N3. The second-order valence-corrected chi connectivity index (χ2v) is 5.87. The summed E-state index contributed by atoms with van der Waals surface area (Å²) >= 11 is 0. The molecule has 0 radical (unpaired) electrons. The van der Waals surface area contributed by atoms with Crippen LogP contribution >= 0.6 is 0 Å². The predicted molar refractivity (Wildman–Crippen MR) is 77.2 cm³/mol. The van der Waals surface area contributed by atoms with Crippen molar-refractivity contribution < 1.29 is 0 Å². The number of fused-ring (bicyclic) bond motifs is 1. The molecule has 1 fully saturated rings. The zero-order valence-electron chi connectivity index (χ0n) is 11.7. The molecule has 0 aromatic heterocycles. The molecule has 0 aromatic rings. The first-order valence-electron chi connectivity index (χ1n) is 7.52. The fourth-order valence-corrected chi connectivity index (χ4v) is 3.56. The molecule has 3 aliphatic rings. The van der Waals surface area contributed by atoms with Crippen LogP contribution in [0, 0.1) is 28.6 Å². The van der Waals surface area contributed by atoms with Crippen LogP contribution in [-0.2, 0) is 0 Å². The van der Waals surface area contributed by atoms with Crippen LogP contribution in [0.15, 0.2) is 34.6 Å². The van der Waals surface area contributed by atoms with E-state index >= 15 is 0 Å². The molecular weight excluding hydrogens is 246 g/mol. The molecule has 102 valence electrons. The lowest BCUT2D eigenvalue weighted by atomic mass is 9.78. The number of rotatable bonds is 1. The Labute approximate surface area is 120 Å². The van der Waals surface area contributed by atoms with E-state index in [9.17, 15) is 0 Å². The number of nitrogens with zero attached hydrogens (tertiary/aromatic N) is 3. The second-order valence-electron chi connectivity index (χ2n) is 5.87. The smallest absolute Gasteiger partial charge is 0.132 e. The Bertz CT molecular complexity index is 558. The maximum atomic E-state index is 9.02. The molecule has 1 aliphatic heterocycles. The molecule has 0 spiro atoms. The van der Waals surface area contributed by atoms with Crippen LogP contribution in [0.5, 0.6) is 0 Å². The van der Waals surface area contributed by atoms with E-state index in [1.165, 1.54) is 50.0 Å². The highest BCUT2D eigenvalue weighted by atomic mass is 15.1. The van der Waals surface area contributed by atoms with Crippen molar-refractivity contribution in [1.29, 1.82) is 10.5 Å². The van der Waals surface area contributed by atoms with Crippen LogP contribution in [0.2, 0.25) is 0 Å². The van der Waals surface area contributed by atoms with E-state index in [0.29, 0.717) is 5.92 Å². The van der Waals surface area contributed by atoms with Gasteiger partial charge in [0.2, 0.25) is 0 Å². The third kappa shape index (κ3) is 2.37. The molecule has 3 heteroatoms. The lowest BCUT2D eigenvalue weighted by molar-refractivity contribution is 0.375. The van der Waals surface area contributed by atoms with Crippen LogP contribution in [0.1, 0.15) is 38.5 Å². The summed E-state index contributed by atoms with van der Waals surface area (Å²) < 4.78 is 0. The lowest BCUT2D eigenvalue weighted by Gasteiger charge is -2.32. The van der Waals surface area contributed by atoms with Crippen LogP contribution in [0.4, 0.5) is 0 Å². The van der Waals surface area contributed by atoms with E-state index in [-0.39, 0.29) is 5.57 Å². The first kappa shape index (κ1) is 13.0. The van der Waals surface area contributed by atoms with Gasteiger partial charge in [0.1, 0.15) is 17.7 Å². The van der Waals surface area contributed by atoms with Crippen molar-refractivity contribution in [3.05, 3.63) is 34.6 Å². The summed E-state index contributed by atoms with van der Waals surface area (Å²) in [6, 6.07) is 4.05. The number of allylic oxidation sites excluding steroid dienone is 6. The molecule has 1 saturated heterocycles. The Morgan fingerprint density at radius 1 is 1.05 bits per heavy atom. The van der Waals surface area contributed by atoms with E-state index in [4.69, 9.17) is 10.5 Å². The Morgan fingerprint density at radius 3 is 2.45 bits per heavy atom. The Kier molecular flexibility index (Phi) is 3.61. The standard InChI is InChI=1S/C17H19N3/c18-11-16(12-19)14-4-3-13-5-6-17(10-15(13)9-14)20-7-1-2-8-20/h9-10,13H,1-8H2/t13-/m1/s1. The van der Waals surface area contributed by atoms with Gasteiger partial charge in [-0.3, -0.25) is 0 Å². The summed E-state index contributed by atoms with van der Waals surface area (Å²) in [5.74, 6) is 0.628. The van der Waals surface area contributed by atoms with E-state index in [0.717, 1.165) is 18.4 Å². The SMILES string of the molecule is N#CC(C#N)=C1C=C2C=C(N3CCCC3)CC[C@H]2CC1. The summed E-state index contributed by atoms with van der Waals surface area (Å²) in [5.41, 5.74) is 4.02. The average molecular weight is 265 g/mol. The molecule has 0 saturated carbocycles. The van der Waals surface area contributed by atoms with Crippen molar-refractivity contribution in [2.24, 2.45) is 5.92 Å². The van der Waals surface area contributed by atoms with Crippen molar-refractivity contribution in [1.82, 2.24) is 4.90 Å². The Hall–Kier alpha value is -2.00. The van der Waals surface area contributed by atoms with E-state index in [1.807, 2.05) is 12.1 Å². The third-order valence-corrected chi connectivity index (χ3v) is 4.71. The van der Waals surface area contributed by atoms with Crippen molar-refractivity contribution in [2.45, 2.75) is 38.5 Å². The highest BCUT2D eigenvalue weighted by molar-refractivity contribution is 5.49. The van der Waals surface area contributed by atoms with E-state index in [1.54, 1.807) is 0 Å². The van der Waals surface area contributed by atoms with Gasteiger partial charge in [-0.1, -0.05) is 6.08 Å². The van der Waals surface area contributed by atoms with Gasteiger partial charge in [0.15, 0.2) is 0 Å². The third-order valence-electron chi connectivity index (χ3n) is 4.71. The summed E-state index contributed by atoms with van der Waals surface area (Å²) in [6.45, 7) is 2.38. The predicted octanol–water partition coefficient (Wildman–Crippen LogP) is 3.44. The molecule has 1 atom stereocenters. The van der Waals surface area contributed by atoms with E-state index in [2.05, 4.69) is 17.1 Å². The van der Waals surface area contributed by atoms with Gasteiger partial charge in [0.25, 0.3) is 0 Å². The van der Waals surface area contributed by atoms with Gasteiger partial charge < -0.3 is 4.90 Å². The lowest BCUT2D eigenvalue weighted by Crippen LogP contribution is -2.23. The average Bonchev–Trinajstić information content (AvgIpc) is 3.02. The number of nitriles is 2. The Morgan fingerprint density at radius 2 is 1.75 bits per heavy atom. The van der Waals surface area contributed by atoms with Gasteiger partial charge in [-0.05, 0) is 61.7 Å². The highest BCUT2D eigenvalue weighted by Crippen LogP contribution is 2.39. The fraction of sp³-hybridized carbons (Fsp3) is 0.529. The molecule has 0 N–H and O–H groups in total. The largest absolute Gasteiger partial charge is 0.375 e. The minimum absolute atomic E-state index is 0.289. The normalized spacial score (nSPS) is 25.2. The molecule has 20 heavy (non-hydrogen) atoms. The first-order valence-corrected chi connectivity index (χ1v) is 7.52. The van der Waals surface area contributed by atoms with Gasteiger partial charge in [0.05, 0.1) is 0 Å². The number of hydrogen-bond donors (Lipinski definition) is 0. The van der Waals surface area contributed by atoms with Crippen LogP contribution < -0.4 is 0 Å². The summed E-state index contributed by atoms with van der Waals surface area (Å²) in [7, 11) is 0. The van der Waals surface area contributed by atoms with Gasteiger partial charge in [0, 0.05) is 18.8 Å². The van der Waals surface area contributed by atoms with Crippen LogP contribution in [-0.4, -0.2) is 18.0 Å². The van der Waals surface area contributed by atoms with Crippen LogP contribution in [0.3, 0.4) is 0 Å². The molecule has 0 aromatic carbocycles. The topological polar surface area (TPSA) is 50.8 Å². The molecule has 2 aliphatic carbocycles. The van der Waals surface area contributed by atoms with Gasteiger partial charge in [-0.2, -0.15) is 10.5 Å². The van der Waals surface area contributed by atoms with Crippen molar-refractivity contribution >= 4 is 0 Å². The molecule has 1 heterocycles. The maximum Gasteiger partial charge on any atom is 0.132 e. The molecule has 3 rings (SSSR count). The highest BCUT2D eigenvalue weighted by Gasteiger charge is 2.26. The summed E-state index contributed by atoms with van der Waals surface area (Å²) in [4.78, 5) is 2.50. The number of hydrogen-bond acceptors (Lipinski definition) is 3. The van der Waals surface area contributed by atoms with Crippen molar-refractivity contribution in [3.63, 3.8) is 0 Å². The first-order chi connectivity index (χ1) is 9.81. The fourth-order valence-electron chi connectivity index (χ4n) is 3.56. The molecule has 0 unspecified atom stereocenters. The monoisotopic (exact) mass is 265 g/mol. The quantitative estimate of drug-likeness (QED) is 0.682. The second kappa shape index (κ2) is 5.55. The molecule has 0 amide bonds. The minimum Gasteiger partial charge on any atom is -0.375 e. The Balaban J connectivity index is 1.91. The van der Waals surface area contributed by atoms with Gasteiger partial charge in [-0.15, -0.1) is 0 Å².